The van der Waals surface area contributed by atoms with Crippen LogP contribution in [0.1, 0.15) is 31.1 Å². The first-order valence-corrected chi connectivity index (χ1v) is 6.21. The van der Waals surface area contributed by atoms with Gasteiger partial charge in [0.25, 0.3) is 0 Å². The van der Waals surface area contributed by atoms with Crippen molar-refractivity contribution >= 4 is 5.69 Å². The quantitative estimate of drug-likeness (QED) is 0.827. The third-order valence-electron chi connectivity index (χ3n) is 2.67. The van der Waals surface area contributed by atoms with Crippen LogP contribution in [0.5, 0.6) is 5.75 Å². The number of aromatic nitrogens is 1. The average Bonchev–Trinajstić information content (AvgIpc) is 2.38. The minimum atomic E-state index is -0.733. The Balaban J connectivity index is 2.23. The summed E-state index contributed by atoms with van der Waals surface area (Å²) in [6.07, 6.45) is 2.61. The summed E-state index contributed by atoms with van der Waals surface area (Å²) in [5.41, 5.74) is 7.78. The van der Waals surface area contributed by atoms with Crippen LogP contribution >= 0.6 is 0 Å². The molecule has 100 valence electrons. The lowest BCUT2D eigenvalue weighted by Gasteiger charge is -2.14. The van der Waals surface area contributed by atoms with Crippen LogP contribution in [-0.4, -0.2) is 16.2 Å². The van der Waals surface area contributed by atoms with Gasteiger partial charge >= 0.3 is 0 Å². The van der Waals surface area contributed by atoms with Crippen molar-refractivity contribution in [1.29, 1.82) is 0 Å². The number of hydrogen-bond donors (Lipinski definition) is 2. The SMILES string of the molecule is CC(C)Oc1cncc(C(O)c2ccc(N)cc2)c1. The van der Waals surface area contributed by atoms with Gasteiger partial charge in [0.2, 0.25) is 0 Å². The lowest BCUT2D eigenvalue weighted by Crippen LogP contribution is -2.07. The normalized spacial score (nSPS) is 12.4. The van der Waals surface area contributed by atoms with Crippen LogP contribution in [0.25, 0.3) is 0 Å². The van der Waals surface area contributed by atoms with Gasteiger partial charge in [-0.15, -0.1) is 0 Å². The molecule has 0 aliphatic heterocycles. The van der Waals surface area contributed by atoms with Crippen molar-refractivity contribution in [3.63, 3.8) is 0 Å². The summed E-state index contributed by atoms with van der Waals surface area (Å²) in [6, 6.07) is 8.93. The number of hydrogen-bond acceptors (Lipinski definition) is 4. The molecular formula is C15H18N2O2. The van der Waals surface area contributed by atoms with E-state index in [1.807, 2.05) is 13.8 Å². The number of pyridine rings is 1. The van der Waals surface area contributed by atoms with Gasteiger partial charge in [-0.2, -0.15) is 0 Å². The van der Waals surface area contributed by atoms with Gasteiger partial charge < -0.3 is 15.6 Å². The summed E-state index contributed by atoms with van der Waals surface area (Å²) in [6.45, 7) is 3.89. The van der Waals surface area contributed by atoms with Gasteiger partial charge in [0, 0.05) is 17.4 Å². The molecule has 1 aromatic heterocycles. The first-order valence-electron chi connectivity index (χ1n) is 6.21. The topological polar surface area (TPSA) is 68.4 Å². The van der Waals surface area contributed by atoms with E-state index in [0.717, 1.165) is 5.56 Å². The van der Waals surface area contributed by atoms with Gasteiger partial charge in [-0.25, -0.2) is 0 Å². The van der Waals surface area contributed by atoms with Crippen molar-refractivity contribution in [2.75, 3.05) is 5.73 Å². The van der Waals surface area contributed by atoms with Crippen molar-refractivity contribution < 1.29 is 9.84 Å². The molecule has 4 nitrogen and oxygen atoms in total. The number of rotatable bonds is 4. The van der Waals surface area contributed by atoms with E-state index in [1.165, 1.54) is 0 Å². The highest BCUT2D eigenvalue weighted by Gasteiger charge is 2.12. The number of benzene rings is 1. The summed E-state index contributed by atoms with van der Waals surface area (Å²) in [5.74, 6) is 0.655. The van der Waals surface area contributed by atoms with E-state index in [1.54, 1.807) is 42.7 Å². The third kappa shape index (κ3) is 3.45. The van der Waals surface area contributed by atoms with Gasteiger partial charge in [-0.1, -0.05) is 12.1 Å². The Hall–Kier alpha value is -2.07. The second-order valence-electron chi connectivity index (χ2n) is 4.69. The highest BCUT2D eigenvalue weighted by atomic mass is 16.5. The Kier molecular flexibility index (Phi) is 4.02. The van der Waals surface area contributed by atoms with E-state index in [2.05, 4.69) is 4.98 Å². The maximum atomic E-state index is 10.3. The molecule has 1 unspecified atom stereocenters. The number of aliphatic hydroxyl groups excluding tert-OH is 1. The molecule has 0 bridgehead atoms. The molecule has 1 aromatic carbocycles. The Morgan fingerprint density at radius 3 is 2.42 bits per heavy atom. The highest BCUT2D eigenvalue weighted by molar-refractivity contribution is 5.42. The maximum Gasteiger partial charge on any atom is 0.138 e. The monoisotopic (exact) mass is 258 g/mol. The molecule has 0 fully saturated rings. The fourth-order valence-electron chi connectivity index (χ4n) is 1.79. The average molecular weight is 258 g/mol. The van der Waals surface area contributed by atoms with E-state index in [-0.39, 0.29) is 6.10 Å². The van der Waals surface area contributed by atoms with E-state index in [4.69, 9.17) is 10.5 Å². The summed E-state index contributed by atoms with van der Waals surface area (Å²) in [5, 5.41) is 10.3. The Morgan fingerprint density at radius 1 is 1.11 bits per heavy atom. The molecule has 2 rings (SSSR count). The minimum Gasteiger partial charge on any atom is -0.489 e. The van der Waals surface area contributed by atoms with Crippen LogP contribution < -0.4 is 10.5 Å². The van der Waals surface area contributed by atoms with Crippen LogP contribution in [0.15, 0.2) is 42.7 Å². The fraction of sp³-hybridized carbons (Fsp3) is 0.267. The van der Waals surface area contributed by atoms with Crippen molar-refractivity contribution in [2.45, 2.75) is 26.1 Å². The molecular weight excluding hydrogens is 240 g/mol. The first-order chi connectivity index (χ1) is 9.06. The number of aliphatic hydroxyl groups is 1. The van der Waals surface area contributed by atoms with E-state index in [0.29, 0.717) is 17.0 Å². The van der Waals surface area contributed by atoms with E-state index in [9.17, 15) is 5.11 Å². The van der Waals surface area contributed by atoms with E-state index < -0.39 is 6.10 Å². The summed E-state index contributed by atoms with van der Waals surface area (Å²) < 4.78 is 5.57. The highest BCUT2D eigenvalue weighted by Crippen LogP contribution is 2.25. The number of nitrogens with two attached hydrogens (primary N) is 1. The molecule has 2 aromatic rings. The lowest BCUT2D eigenvalue weighted by atomic mass is 10.0. The molecule has 0 amide bonds. The Morgan fingerprint density at radius 2 is 1.79 bits per heavy atom. The molecule has 0 aliphatic carbocycles. The predicted octanol–water partition coefficient (Wildman–Crippen LogP) is 2.53. The zero-order valence-electron chi connectivity index (χ0n) is 11.1. The molecule has 1 atom stereocenters. The molecule has 3 N–H and O–H groups in total. The third-order valence-corrected chi connectivity index (χ3v) is 2.67. The number of nitrogens with zero attached hydrogens (tertiary/aromatic N) is 1. The molecule has 0 saturated heterocycles. The molecule has 19 heavy (non-hydrogen) atoms. The van der Waals surface area contributed by atoms with Gasteiger partial charge in [0.15, 0.2) is 0 Å². The van der Waals surface area contributed by atoms with Crippen molar-refractivity contribution in [3.05, 3.63) is 53.9 Å². The van der Waals surface area contributed by atoms with Gasteiger partial charge in [-0.05, 0) is 37.6 Å². The molecule has 0 radical (unpaired) electrons. The summed E-state index contributed by atoms with van der Waals surface area (Å²) in [4.78, 5) is 4.09. The van der Waals surface area contributed by atoms with Crippen molar-refractivity contribution in [2.24, 2.45) is 0 Å². The van der Waals surface area contributed by atoms with Crippen LogP contribution in [0.3, 0.4) is 0 Å². The van der Waals surface area contributed by atoms with Crippen LogP contribution in [0.4, 0.5) is 5.69 Å². The van der Waals surface area contributed by atoms with E-state index >= 15 is 0 Å². The second kappa shape index (κ2) is 5.71. The first kappa shape index (κ1) is 13.4. The Labute approximate surface area is 112 Å². The largest absolute Gasteiger partial charge is 0.489 e. The van der Waals surface area contributed by atoms with Gasteiger partial charge in [0.05, 0.1) is 12.3 Å². The zero-order chi connectivity index (χ0) is 13.8. The smallest absolute Gasteiger partial charge is 0.138 e. The second-order valence-corrected chi connectivity index (χ2v) is 4.69. The summed E-state index contributed by atoms with van der Waals surface area (Å²) in [7, 11) is 0. The zero-order valence-corrected chi connectivity index (χ0v) is 11.1. The van der Waals surface area contributed by atoms with Gasteiger partial charge in [-0.3, -0.25) is 4.98 Å². The fourth-order valence-corrected chi connectivity index (χ4v) is 1.79. The van der Waals surface area contributed by atoms with Crippen LogP contribution in [-0.2, 0) is 0 Å². The Bertz CT molecular complexity index is 538. The van der Waals surface area contributed by atoms with Crippen LogP contribution in [0.2, 0.25) is 0 Å². The standard InChI is InChI=1S/C15H18N2O2/c1-10(2)19-14-7-12(8-17-9-14)15(18)11-3-5-13(16)6-4-11/h3-10,15,18H,16H2,1-2H3. The molecule has 1 heterocycles. The molecule has 0 saturated carbocycles. The predicted molar refractivity (Wildman–Crippen MR) is 74.9 cm³/mol. The summed E-state index contributed by atoms with van der Waals surface area (Å²) >= 11 is 0. The van der Waals surface area contributed by atoms with Gasteiger partial charge in [0.1, 0.15) is 11.9 Å². The number of anilines is 1. The van der Waals surface area contributed by atoms with Crippen LogP contribution in [0, 0.1) is 0 Å². The van der Waals surface area contributed by atoms with Crippen molar-refractivity contribution in [3.8, 4) is 5.75 Å². The molecule has 4 heteroatoms. The molecule has 0 aliphatic rings. The minimum absolute atomic E-state index is 0.0747. The molecule has 0 spiro atoms. The number of nitrogen functional groups attached to an aromatic ring is 1. The number of ether oxygens (including phenoxy) is 1. The van der Waals surface area contributed by atoms with Crippen molar-refractivity contribution in [1.82, 2.24) is 4.98 Å². The lowest BCUT2D eigenvalue weighted by molar-refractivity contribution is 0.215. The maximum absolute atomic E-state index is 10.3.